The molecule has 0 aliphatic heterocycles. The van der Waals surface area contributed by atoms with Gasteiger partial charge in [0.1, 0.15) is 23.1 Å². The van der Waals surface area contributed by atoms with Crippen molar-refractivity contribution in [3.05, 3.63) is 28.2 Å². The number of nitrogens with two attached hydrogens (primary N) is 1. The molecule has 3 N–H and O–H groups in total. The predicted molar refractivity (Wildman–Crippen MR) is 64.8 cm³/mol. The first-order valence-electron chi connectivity index (χ1n) is 4.80. The van der Waals surface area contributed by atoms with E-state index in [0.717, 1.165) is 6.07 Å². The van der Waals surface area contributed by atoms with Gasteiger partial charge in [0.05, 0.1) is 0 Å². The Labute approximate surface area is 116 Å². The number of benzene rings is 1. The first-order valence-corrected chi connectivity index (χ1v) is 7.08. The Morgan fingerprint density at radius 1 is 1.42 bits per heavy atom. The van der Waals surface area contributed by atoms with Crippen molar-refractivity contribution in [2.45, 2.75) is 4.90 Å². The standard InChI is InChI=1S/C9H9BrF2N2O4S/c10-6-3-5(11)4-7(12)8(6)19(16,17)14-1-2-18-9(13)15/h3-4,14H,1-2H2,(H2,13,15). The lowest BCUT2D eigenvalue weighted by molar-refractivity contribution is 0.159. The number of amides is 1. The number of hydrogen-bond acceptors (Lipinski definition) is 4. The molecule has 0 aliphatic rings. The number of sulfonamides is 1. The molecule has 0 spiro atoms. The summed E-state index contributed by atoms with van der Waals surface area (Å²) in [6.07, 6.45) is -1.06. The molecule has 1 amide bonds. The number of ether oxygens (including phenoxy) is 1. The third kappa shape index (κ3) is 4.40. The van der Waals surface area contributed by atoms with Crippen LogP contribution < -0.4 is 10.5 Å². The number of nitrogens with one attached hydrogen (secondary N) is 1. The summed E-state index contributed by atoms with van der Waals surface area (Å²) in [4.78, 5) is 9.52. The van der Waals surface area contributed by atoms with Gasteiger partial charge in [0.2, 0.25) is 10.0 Å². The van der Waals surface area contributed by atoms with Crippen molar-refractivity contribution in [3.63, 3.8) is 0 Å². The normalized spacial score (nSPS) is 11.3. The zero-order valence-electron chi connectivity index (χ0n) is 9.32. The van der Waals surface area contributed by atoms with Crippen molar-refractivity contribution < 1.29 is 26.7 Å². The van der Waals surface area contributed by atoms with Crippen LogP contribution >= 0.6 is 15.9 Å². The number of rotatable bonds is 5. The van der Waals surface area contributed by atoms with Crippen LogP contribution in [0, 0.1) is 11.6 Å². The molecule has 0 radical (unpaired) electrons. The van der Waals surface area contributed by atoms with Crippen molar-refractivity contribution in [1.29, 1.82) is 0 Å². The van der Waals surface area contributed by atoms with Gasteiger partial charge in [-0.2, -0.15) is 0 Å². The quantitative estimate of drug-likeness (QED) is 0.770. The van der Waals surface area contributed by atoms with Crippen molar-refractivity contribution in [3.8, 4) is 0 Å². The molecule has 19 heavy (non-hydrogen) atoms. The van der Waals surface area contributed by atoms with Crippen LogP contribution in [-0.4, -0.2) is 27.7 Å². The molecule has 0 fully saturated rings. The maximum Gasteiger partial charge on any atom is 0.404 e. The fourth-order valence-electron chi connectivity index (χ4n) is 1.19. The first kappa shape index (κ1) is 15.8. The van der Waals surface area contributed by atoms with Crippen LogP contribution in [0.25, 0.3) is 0 Å². The van der Waals surface area contributed by atoms with Crippen molar-refractivity contribution >= 4 is 32.0 Å². The Morgan fingerprint density at radius 2 is 2.05 bits per heavy atom. The maximum atomic E-state index is 13.4. The summed E-state index contributed by atoms with van der Waals surface area (Å²) in [6.45, 7) is -0.608. The van der Waals surface area contributed by atoms with Gasteiger partial charge < -0.3 is 10.5 Å². The van der Waals surface area contributed by atoms with Gasteiger partial charge in [0.15, 0.2) is 0 Å². The van der Waals surface area contributed by atoms with E-state index in [1.807, 2.05) is 4.72 Å². The van der Waals surface area contributed by atoms with Crippen molar-refractivity contribution in [2.24, 2.45) is 5.73 Å². The fourth-order valence-corrected chi connectivity index (χ4v) is 3.36. The third-order valence-electron chi connectivity index (χ3n) is 1.87. The van der Waals surface area contributed by atoms with E-state index in [4.69, 9.17) is 0 Å². The van der Waals surface area contributed by atoms with E-state index in [1.165, 1.54) is 0 Å². The van der Waals surface area contributed by atoms with Crippen LogP contribution in [0.15, 0.2) is 21.5 Å². The maximum absolute atomic E-state index is 13.4. The molecule has 0 aliphatic carbocycles. The zero-order valence-corrected chi connectivity index (χ0v) is 11.7. The van der Waals surface area contributed by atoms with Gasteiger partial charge in [0, 0.05) is 17.1 Å². The van der Waals surface area contributed by atoms with Crippen molar-refractivity contribution in [2.75, 3.05) is 13.2 Å². The second-order valence-corrected chi connectivity index (χ2v) is 5.82. The van der Waals surface area contributed by atoms with Gasteiger partial charge in [-0.25, -0.2) is 26.7 Å². The van der Waals surface area contributed by atoms with Gasteiger partial charge in [-0.1, -0.05) is 0 Å². The molecule has 1 aromatic rings. The molecular formula is C9H9BrF2N2O4S. The average Bonchev–Trinajstić information content (AvgIpc) is 2.22. The minimum atomic E-state index is -4.21. The topological polar surface area (TPSA) is 98.5 Å². The van der Waals surface area contributed by atoms with E-state index >= 15 is 0 Å². The lowest BCUT2D eigenvalue weighted by Crippen LogP contribution is -2.30. The third-order valence-corrected chi connectivity index (χ3v) is 4.29. The van der Waals surface area contributed by atoms with Gasteiger partial charge in [0.25, 0.3) is 0 Å². The average molecular weight is 359 g/mol. The molecule has 6 nitrogen and oxygen atoms in total. The van der Waals surface area contributed by atoms with Crippen LogP contribution in [0.5, 0.6) is 0 Å². The van der Waals surface area contributed by atoms with Crippen LogP contribution in [0.4, 0.5) is 13.6 Å². The predicted octanol–water partition coefficient (Wildman–Crippen LogP) is 1.10. The monoisotopic (exact) mass is 358 g/mol. The van der Waals surface area contributed by atoms with Gasteiger partial charge in [-0.15, -0.1) is 0 Å². The molecular weight excluding hydrogens is 350 g/mol. The summed E-state index contributed by atoms with van der Waals surface area (Å²) in [5, 5.41) is 0. The summed E-state index contributed by atoms with van der Waals surface area (Å²) in [5.74, 6) is -2.16. The molecule has 0 unspecified atom stereocenters. The highest BCUT2D eigenvalue weighted by molar-refractivity contribution is 9.10. The van der Waals surface area contributed by atoms with E-state index in [9.17, 15) is 22.0 Å². The highest BCUT2D eigenvalue weighted by Crippen LogP contribution is 2.25. The number of carbonyl (C=O) groups excluding carboxylic acids is 1. The Bertz CT molecular complexity index is 571. The second kappa shape index (κ2) is 6.26. The molecule has 0 saturated heterocycles. The highest BCUT2D eigenvalue weighted by atomic mass is 79.9. The van der Waals surface area contributed by atoms with E-state index in [-0.39, 0.29) is 17.6 Å². The smallest absolute Gasteiger partial charge is 0.404 e. The van der Waals surface area contributed by atoms with Gasteiger partial charge >= 0.3 is 6.09 Å². The molecule has 0 heterocycles. The molecule has 0 saturated carbocycles. The Hall–Kier alpha value is -1.26. The van der Waals surface area contributed by atoms with E-state index in [2.05, 4.69) is 26.4 Å². The minimum absolute atomic E-state index is 0.256. The summed E-state index contributed by atoms with van der Waals surface area (Å²) < 4.78 is 55.8. The summed E-state index contributed by atoms with van der Waals surface area (Å²) in [5.41, 5.74) is 4.67. The van der Waals surface area contributed by atoms with Crippen LogP contribution in [0.3, 0.4) is 0 Å². The summed E-state index contributed by atoms with van der Waals surface area (Å²) >= 11 is 2.76. The number of carbonyl (C=O) groups is 1. The molecule has 0 bridgehead atoms. The first-order chi connectivity index (χ1) is 8.74. The lowest BCUT2D eigenvalue weighted by atomic mass is 10.3. The molecule has 0 aromatic heterocycles. The second-order valence-electron chi connectivity index (χ2n) is 3.26. The summed E-state index contributed by atoms with van der Waals surface area (Å²) in [6, 6.07) is 1.26. The van der Waals surface area contributed by atoms with E-state index < -0.39 is 32.6 Å². The molecule has 1 rings (SSSR count). The largest absolute Gasteiger partial charge is 0.448 e. The van der Waals surface area contributed by atoms with Gasteiger partial charge in [-0.05, 0) is 22.0 Å². The fraction of sp³-hybridized carbons (Fsp3) is 0.222. The van der Waals surface area contributed by atoms with Crippen LogP contribution in [-0.2, 0) is 14.8 Å². The van der Waals surface area contributed by atoms with E-state index in [1.54, 1.807) is 0 Å². The van der Waals surface area contributed by atoms with Crippen LogP contribution in [0.1, 0.15) is 0 Å². The Morgan fingerprint density at radius 3 is 2.58 bits per heavy atom. The van der Waals surface area contributed by atoms with Crippen molar-refractivity contribution in [1.82, 2.24) is 4.72 Å². The Kier molecular flexibility index (Phi) is 5.20. The minimum Gasteiger partial charge on any atom is -0.448 e. The van der Waals surface area contributed by atoms with E-state index in [0.29, 0.717) is 6.07 Å². The number of hydrogen-bond donors (Lipinski definition) is 2. The number of halogens is 3. The zero-order chi connectivity index (χ0) is 14.6. The van der Waals surface area contributed by atoms with Gasteiger partial charge in [-0.3, -0.25) is 0 Å². The highest BCUT2D eigenvalue weighted by Gasteiger charge is 2.23. The SMILES string of the molecule is NC(=O)OCCNS(=O)(=O)c1c(F)cc(F)cc1Br. The Balaban J connectivity index is 2.86. The molecule has 10 heteroatoms. The molecule has 1 aromatic carbocycles. The molecule has 0 atom stereocenters. The number of primary amides is 1. The summed E-state index contributed by atoms with van der Waals surface area (Å²) in [7, 11) is -4.21. The lowest BCUT2D eigenvalue weighted by Gasteiger charge is -2.09. The van der Waals surface area contributed by atoms with Crippen LogP contribution in [0.2, 0.25) is 0 Å². The molecule has 106 valence electrons.